The van der Waals surface area contributed by atoms with E-state index in [1.807, 2.05) is 0 Å². The van der Waals surface area contributed by atoms with Gasteiger partial charge in [0.15, 0.2) is 0 Å². The fraction of sp³-hybridized carbons (Fsp3) is 0.250. The lowest BCUT2D eigenvalue weighted by Crippen LogP contribution is -2.10. The van der Waals surface area contributed by atoms with Crippen LogP contribution in [0.1, 0.15) is 24.1 Å². The van der Waals surface area contributed by atoms with Crippen LogP contribution in [0.25, 0.3) is 5.69 Å². The zero-order valence-corrected chi connectivity index (χ0v) is 9.65. The number of para-hydroxylation sites is 1. The van der Waals surface area contributed by atoms with Crippen molar-refractivity contribution in [3.05, 3.63) is 47.8 Å². The smallest absolute Gasteiger partial charge is 0.324 e. The first-order valence-corrected chi connectivity index (χ1v) is 5.36. The van der Waals surface area contributed by atoms with Crippen LogP contribution < -0.4 is 5.73 Å². The number of hydrogen-bond acceptors (Lipinski definition) is 2. The molecule has 6 heteroatoms. The van der Waals surface area contributed by atoms with Gasteiger partial charge in [-0.05, 0) is 18.6 Å². The van der Waals surface area contributed by atoms with Gasteiger partial charge in [0.05, 0.1) is 17.4 Å². The Balaban J connectivity index is 2.47. The minimum absolute atomic E-state index is 0.278. The summed E-state index contributed by atoms with van der Waals surface area (Å²) >= 11 is 0. The van der Waals surface area contributed by atoms with Crippen LogP contribution in [0.15, 0.2) is 36.7 Å². The molecular formula is C12H12F3N3. The largest absolute Gasteiger partial charge is 0.419 e. The topological polar surface area (TPSA) is 43.8 Å². The minimum Gasteiger partial charge on any atom is -0.324 e. The molecule has 0 saturated carbocycles. The maximum absolute atomic E-state index is 12.5. The van der Waals surface area contributed by atoms with Crippen LogP contribution in [-0.4, -0.2) is 9.78 Å². The molecule has 3 nitrogen and oxygen atoms in total. The van der Waals surface area contributed by atoms with Gasteiger partial charge in [-0.1, -0.05) is 18.2 Å². The van der Waals surface area contributed by atoms with Crippen LogP contribution in [0.3, 0.4) is 0 Å². The number of nitrogens with two attached hydrogens (primary N) is 1. The molecule has 0 saturated heterocycles. The van der Waals surface area contributed by atoms with Gasteiger partial charge in [-0.15, -0.1) is 0 Å². The quantitative estimate of drug-likeness (QED) is 0.896. The molecule has 1 aromatic carbocycles. The maximum Gasteiger partial charge on any atom is 0.419 e. The third-order valence-electron chi connectivity index (χ3n) is 2.58. The third kappa shape index (κ3) is 2.38. The lowest BCUT2D eigenvalue weighted by atomic mass is 10.1. The van der Waals surface area contributed by atoms with Crippen molar-refractivity contribution in [3.63, 3.8) is 0 Å². The average molecular weight is 255 g/mol. The molecule has 0 radical (unpaired) electrons. The number of hydrogen-bond donors (Lipinski definition) is 1. The molecule has 2 N–H and O–H groups in total. The van der Waals surface area contributed by atoms with Gasteiger partial charge in [-0.25, -0.2) is 4.68 Å². The van der Waals surface area contributed by atoms with E-state index in [1.54, 1.807) is 31.2 Å². The molecule has 0 aliphatic heterocycles. The van der Waals surface area contributed by atoms with E-state index >= 15 is 0 Å². The Labute approximate surface area is 102 Å². The molecule has 18 heavy (non-hydrogen) atoms. The van der Waals surface area contributed by atoms with Gasteiger partial charge in [0.1, 0.15) is 0 Å². The van der Waals surface area contributed by atoms with Crippen LogP contribution in [-0.2, 0) is 6.18 Å². The summed E-state index contributed by atoms with van der Waals surface area (Å²) in [5.41, 5.74) is 6.31. The van der Waals surface area contributed by atoms with Crippen molar-refractivity contribution in [1.29, 1.82) is 0 Å². The van der Waals surface area contributed by atoms with Gasteiger partial charge in [0.25, 0.3) is 0 Å². The molecule has 0 aliphatic carbocycles. The lowest BCUT2D eigenvalue weighted by molar-refractivity contribution is -0.137. The molecule has 2 aromatic rings. The van der Waals surface area contributed by atoms with Crippen molar-refractivity contribution in [2.24, 2.45) is 5.73 Å². The van der Waals surface area contributed by atoms with E-state index in [0.29, 0.717) is 5.69 Å². The molecule has 96 valence electrons. The number of nitrogens with zero attached hydrogens (tertiary/aromatic N) is 2. The Hall–Kier alpha value is -1.82. The molecule has 1 atom stereocenters. The average Bonchev–Trinajstić information content (AvgIpc) is 2.77. The molecule has 0 aliphatic rings. The predicted octanol–water partition coefficient (Wildman–Crippen LogP) is 2.91. The first-order chi connectivity index (χ1) is 8.39. The van der Waals surface area contributed by atoms with Crippen molar-refractivity contribution >= 4 is 0 Å². The molecular weight excluding hydrogens is 243 g/mol. The van der Waals surface area contributed by atoms with E-state index in [-0.39, 0.29) is 6.04 Å². The van der Waals surface area contributed by atoms with Crippen LogP contribution in [0.5, 0.6) is 0 Å². The normalized spacial score (nSPS) is 13.6. The number of rotatable bonds is 2. The van der Waals surface area contributed by atoms with E-state index in [0.717, 1.165) is 18.0 Å². The molecule has 0 amide bonds. The van der Waals surface area contributed by atoms with Crippen LogP contribution in [0, 0.1) is 0 Å². The zero-order chi connectivity index (χ0) is 13.3. The first kappa shape index (κ1) is 12.6. The van der Waals surface area contributed by atoms with Gasteiger partial charge in [-0.3, -0.25) is 0 Å². The van der Waals surface area contributed by atoms with Gasteiger partial charge >= 0.3 is 6.18 Å². The summed E-state index contributed by atoms with van der Waals surface area (Å²) in [4.78, 5) is 0. The number of halogens is 3. The van der Waals surface area contributed by atoms with E-state index in [9.17, 15) is 13.2 Å². The van der Waals surface area contributed by atoms with Crippen molar-refractivity contribution in [2.75, 3.05) is 0 Å². The fourth-order valence-corrected chi connectivity index (χ4v) is 1.68. The van der Waals surface area contributed by atoms with Crippen molar-refractivity contribution in [3.8, 4) is 5.69 Å². The summed E-state index contributed by atoms with van der Waals surface area (Å²) in [5.74, 6) is 0. The van der Waals surface area contributed by atoms with E-state index < -0.39 is 11.7 Å². The zero-order valence-electron chi connectivity index (χ0n) is 9.65. The summed E-state index contributed by atoms with van der Waals surface area (Å²) in [6.45, 7) is 1.77. The van der Waals surface area contributed by atoms with Crippen LogP contribution in [0.4, 0.5) is 13.2 Å². The SMILES string of the molecule is CC(N)c1ccccc1-n1cc(C(F)(F)F)cn1. The van der Waals surface area contributed by atoms with Crippen molar-refractivity contribution in [1.82, 2.24) is 9.78 Å². The Morgan fingerprint density at radius 3 is 2.50 bits per heavy atom. The molecule has 0 bridgehead atoms. The molecule has 1 aromatic heterocycles. The van der Waals surface area contributed by atoms with Crippen molar-refractivity contribution < 1.29 is 13.2 Å². The highest BCUT2D eigenvalue weighted by Crippen LogP contribution is 2.29. The van der Waals surface area contributed by atoms with Gasteiger partial charge < -0.3 is 5.73 Å². The number of alkyl halides is 3. The second-order valence-electron chi connectivity index (χ2n) is 4.02. The van der Waals surface area contributed by atoms with Gasteiger partial charge in [-0.2, -0.15) is 18.3 Å². The highest BCUT2D eigenvalue weighted by Gasteiger charge is 2.32. The molecule has 2 rings (SSSR count). The second-order valence-corrected chi connectivity index (χ2v) is 4.02. The minimum atomic E-state index is -4.39. The summed E-state index contributed by atoms with van der Waals surface area (Å²) in [6.07, 6.45) is -2.62. The molecule has 0 spiro atoms. The number of aromatic nitrogens is 2. The lowest BCUT2D eigenvalue weighted by Gasteiger charge is -2.12. The van der Waals surface area contributed by atoms with E-state index in [4.69, 9.17) is 5.73 Å². The number of benzene rings is 1. The molecule has 1 heterocycles. The Morgan fingerprint density at radius 1 is 1.28 bits per heavy atom. The van der Waals surface area contributed by atoms with Gasteiger partial charge in [0.2, 0.25) is 0 Å². The maximum atomic E-state index is 12.5. The summed E-state index contributed by atoms with van der Waals surface area (Å²) in [7, 11) is 0. The Bertz CT molecular complexity index is 543. The van der Waals surface area contributed by atoms with Crippen LogP contribution in [0.2, 0.25) is 0 Å². The summed E-state index contributed by atoms with van der Waals surface area (Å²) in [5, 5.41) is 3.74. The van der Waals surface area contributed by atoms with Gasteiger partial charge in [0, 0.05) is 12.2 Å². The molecule has 1 unspecified atom stereocenters. The Morgan fingerprint density at radius 2 is 1.94 bits per heavy atom. The Kier molecular flexibility index (Phi) is 3.13. The van der Waals surface area contributed by atoms with Crippen molar-refractivity contribution in [2.45, 2.75) is 19.1 Å². The summed E-state index contributed by atoms with van der Waals surface area (Å²) < 4.78 is 38.7. The highest BCUT2D eigenvalue weighted by atomic mass is 19.4. The highest BCUT2D eigenvalue weighted by molar-refractivity contribution is 5.42. The molecule has 0 fully saturated rings. The monoisotopic (exact) mass is 255 g/mol. The standard InChI is InChI=1S/C12H12F3N3/c1-8(16)10-4-2-3-5-11(10)18-7-9(6-17-18)12(13,14)15/h2-8H,16H2,1H3. The summed E-state index contributed by atoms with van der Waals surface area (Å²) in [6, 6.07) is 6.70. The van der Waals surface area contributed by atoms with E-state index in [1.165, 1.54) is 4.68 Å². The van der Waals surface area contributed by atoms with Crippen LogP contribution >= 0.6 is 0 Å². The first-order valence-electron chi connectivity index (χ1n) is 5.36. The predicted molar refractivity (Wildman–Crippen MR) is 61.2 cm³/mol. The fourth-order valence-electron chi connectivity index (χ4n) is 1.68. The second kappa shape index (κ2) is 4.45. The third-order valence-corrected chi connectivity index (χ3v) is 2.58. The van der Waals surface area contributed by atoms with E-state index in [2.05, 4.69) is 5.10 Å².